The zero-order valence-corrected chi connectivity index (χ0v) is 12.9. The number of benzene rings is 1. The minimum atomic E-state index is -0.180. The van der Waals surface area contributed by atoms with E-state index in [0.29, 0.717) is 12.3 Å². The zero-order chi connectivity index (χ0) is 13.0. The van der Waals surface area contributed by atoms with E-state index in [0.717, 1.165) is 28.5 Å². The van der Waals surface area contributed by atoms with E-state index in [4.69, 9.17) is 4.42 Å². The molecule has 0 aliphatic heterocycles. The second-order valence-electron chi connectivity index (χ2n) is 3.90. The molecule has 0 saturated heterocycles. The van der Waals surface area contributed by atoms with Crippen molar-refractivity contribution >= 4 is 45.2 Å². The highest BCUT2D eigenvalue weighted by molar-refractivity contribution is 9.10. The molecule has 0 unspecified atom stereocenters. The van der Waals surface area contributed by atoms with E-state index in [9.17, 15) is 4.79 Å². The second-order valence-corrected chi connectivity index (χ2v) is 4.82. The van der Waals surface area contributed by atoms with Crippen LogP contribution < -0.4 is 10.6 Å². The van der Waals surface area contributed by atoms with Crippen LogP contribution in [0.15, 0.2) is 33.2 Å². The van der Waals surface area contributed by atoms with Crippen molar-refractivity contribution in [1.29, 1.82) is 0 Å². The Balaban J connectivity index is 0.00000180. The molecule has 6 heteroatoms. The van der Waals surface area contributed by atoms with Gasteiger partial charge in [0.2, 0.25) is 0 Å². The Morgan fingerprint density at radius 2 is 2.11 bits per heavy atom. The van der Waals surface area contributed by atoms with Crippen LogP contribution in [0.2, 0.25) is 0 Å². The molecule has 0 radical (unpaired) electrons. The number of amides is 1. The van der Waals surface area contributed by atoms with Gasteiger partial charge in [0.05, 0.1) is 0 Å². The number of fused-ring (bicyclic) bond motifs is 1. The predicted molar refractivity (Wildman–Crippen MR) is 82.0 cm³/mol. The number of rotatable bonds is 5. The smallest absolute Gasteiger partial charge is 0.287 e. The van der Waals surface area contributed by atoms with Crippen LogP contribution in [0.1, 0.15) is 17.5 Å². The van der Waals surface area contributed by atoms with Crippen LogP contribution in [0.3, 0.4) is 0 Å². The van der Waals surface area contributed by atoms with Gasteiger partial charge in [-0.05, 0) is 30.8 Å². The van der Waals surface area contributed by atoms with Crippen LogP contribution >= 0.6 is 28.3 Å². The van der Waals surface area contributed by atoms with Crippen molar-refractivity contribution in [3.63, 3.8) is 0 Å². The van der Waals surface area contributed by atoms with Crippen molar-refractivity contribution < 1.29 is 9.21 Å². The van der Waals surface area contributed by atoms with Crippen molar-refractivity contribution in [3.05, 3.63) is 34.5 Å². The fourth-order valence-electron chi connectivity index (χ4n) is 1.65. The van der Waals surface area contributed by atoms with Gasteiger partial charge in [-0.15, -0.1) is 12.4 Å². The van der Waals surface area contributed by atoms with Gasteiger partial charge in [0, 0.05) is 22.9 Å². The summed E-state index contributed by atoms with van der Waals surface area (Å²) >= 11 is 3.39. The average Bonchev–Trinajstić information content (AvgIpc) is 2.77. The van der Waals surface area contributed by atoms with E-state index in [1.165, 1.54) is 0 Å². The second kappa shape index (κ2) is 7.53. The number of hydrogen-bond donors (Lipinski definition) is 2. The van der Waals surface area contributed by atoms with Gasteiger partial charge in [-0.2, -0.15) is 0 Å². The summed E-state index contributed by atoms with van der Waals surface area (Å²) < 4.78 is 6.46. The normalized spacial score (nSPS) is 10.2. The highest BCUT2D eigenvalue weighted by Gasteiger charge is 2.11. The molecule has 0 aliphatic rings. The maximum absolute atomic E-state index is 11.8. The largest absolute Gasteiger partial charge is 0.451 e. The van der Waals surface area contributed by atoms with E-state index < -0.39 is 0 Å². The molecule has 0 saturated carbocycles. The Hall–Kier alpha value is -1.04. The Labute approximate surface area is 126 Å². The van der Waals surface area contributed by atoms with Gasteiger partial charge in [0.1, 0.15) is 5.58 Å². The Morgan fingerprint density at radius 3 is 2.84 bits per heavy atom. The summed E-state index contributed by atoms with van der Waals surface area (Å²) in [4.78, 5) is 11.8. The molecule has 0 bridgehead atoms. The number of hydrogen-bond acceptors (Lipinski definition) is 3. The van der Waals surface area contributed by atoms with Crippen LogP contribution in [0, 0.1) is 0 Å². The monoisotopic (exact) mass is 346 g/mol. The van der Waals surface area contributed by atoms with E-state index in [2.05, 4.69) is 26.6 Å². The lowest BCUT2D eigenvalue weighted by molar-refractivity contribution is 0.0928. The quantitative estimate of drug-likeness (QED) is 0.818. The predicted octanol–water partition coefficient (Wildman–Crippen LogP) is 2.96. The molecule has 1 heterocycles. The first-order valence-corrected chi connectivity index (χ1v) is 6.68. The van der Waals surface area contributed by atoms with Crippen LogP contribution in [-0.4, -0.2) is 25.5 Å². The average molecular weight is 348 g/mol. The summed E-state index contributed by atoms with van der Waals surface area (Å²) in [5.41, 5.74) is 0.718. The third-order valence-electron chi connectivity index (χ3n) is 2.54. The molecule has 2 N–H and O–H groups in total. The Bertz CT molecular complexity index is 557. The maximum Gasteiger partial charge on any atom is 0.287 e. The molecule has 2 rings (SSSR count). The van der Waals surface area contributed by atoms with Gasteiger partial charge in [0.25, 0.3) is 5.91 Å². The number of carbonyl (C=O) groups excluding carboxylic acids is 1. The van der Waals surface area contributed by atoms with Crippen molar-refractivity contribution in [2.75, 3.05) is 19.6 Å². The van der Waals surface area contributed by atoms with Crippen molar-refractivity contribution in [2.45, 2.75) is 6.92 Å². The van der Waals surface area contributed by atoms with Gasteiger partial charge in [0.15, 0.2) is 5.76 Å². The molecule has 1 aromatic carbocycles. The molecule has 2 aromatic rings. The van der Waals surface area contributed by atoms with Crippen molar-refractivity contribution in [1.82, 2.24) is 10.6 Å². The number of furan rings is 1. The Kier molecular flexibility index (Phi) is 6.34. The minimum absolute atomic E-state index is 0. The third-order valence-corrected chi connectivity index (χ3v) is 3.03. The first-order chi connectivity index (χ1) is 8.70. The summed E-state index contributed by atoms with van der Waals surface area (Å²) in [7, 11) is 0. The van der Waals surface area contributed by atoms with Crippen LogP contribution in [0.5, 0.6) is 0 Å². The molecule has 4 nitrogen and oxygen atoms in total. The number of likely N-dealkylation sites (N-methyl/N-ethyl adjacent to an activating group) is 1. The first kappa shape index (κ1) is 16.0. The molecular weight excluding hydrogens is 332 g/mol. The lowest BCUT2D eigenvalue weighted by Gasteiger charge is -2.02. The van der Waals surface area contributed by atoms with E-state index in [1.54, 1.807) is 6.07 Å². The SMILES string of the molecule is CCNCCNC(=O)c1cc2cc(Br)ccc2o1.Cl. The first-order valence-electron chi connectivity index (χ1n) is 5.88. The molecular formula is C13H16BrClN2O2. The summed E-state index contributed by atoms with van der Waals surface area (Å²) in [6.07, 6.45) is 0. The highest BCUT2D eigenvalue weighted by atomic mass is 79.9. The van der Waals surface area contributed by atoms with Gasteiger partial charge >= 0.3 is 0 Å². The fourth-order valence-corrected chi connectivity index (χ4v) is 2.03. The minimum Gasteiger partial charge on any atom is -0.451 e. The van der Waals surface area contributed by atoms with E-state index in [1.807, 2.05) is 25.1 Å². The van der Waals surface area contributed by atoms with Crippen LogP contribution in [-0.2, 0) is 0 Å². The highest BCUT2D eigenvalue weighted by Crippen LogP contribution is 2.23. The molecule has 1 aromatic heterocycles. The topological polar surface area (TPSA) is 54.3 Å². The summed E-state index contributed by atoms with van der Waals surface area (Å²) in [5, 5.41) is 6.86. The van der Waals surface area contributed by atoms with Crippen LogP contribution in [0.25, 0.3) is 11.0 Å². The summed E-state index contributed by atoms with van der Waals surface area (Å²) in [5.74, 6) is 0.167. The standard InChI is InChI=1S/C13H15BrN2O2.ClH/c1-2-15-5-6-16-13(17)12-8-9-7-10(14)3-4-11(9)18-12;/h3-4,7-8,15H,2,5-6H2,1H3,(H,16,17);1H. The van der Waals surface area contributed by atoms with E-state index >= 15 is 0 Å². The fraction of sp³-hybridized carbons (Fsp3) is 0.308. The number of halogens is 2. The van der Waals surface area contributed by atoms with Gasteiger partial charge in [-0.3, -0.25) is 4.79 Å². The third kappa shape index (κ3) is 4.23. The zero-order valence-electron chi connectivity index (χ0n) is 10.5. The van der Waals surface area contributed by atoms with E-state index in [-0.39, 0.29) is 18.3 Å². The molecule has 104 valence electrons. The maximum atomic E-state index is 11.8. The van der Waals surface area contributed by atoms with Gasteiger partial charge < -0.3 is 15.1 Å². The molecule has 1 amide bonds. The lowest BCUT2D eigenvalue weighted by atomic mass is 10.2. The van der Waals surface area contributed by atoms with Crippen molar-refractivity contribution in [2.24, 2.45) is 0 Å². The molecule has 0 atom stereocenters. The summed E-state index contributed by atoms with van der Waals surface area (Å²) in [6.45, 7) is 4.27. The molecule has 0 fully saturated rings. The van der Waals surface area contributed by atoms with Crippen LogP contribution in [0.4, 0.5) is 0 Å². The number of carbonyl (C=O) groups is 1. The lowest BCUT2D eigenvalue weighted by Crippen LogP contribution is -2.31. The number of nitrogens with one attached hydrogen (secondary N) is 2. The molecule has 0 aliphatic carbocycles. The van der Waals surface area contributed by atoms with Gasteiger partial charge in [-0.25, -0.2) is 0 Å². The summed E-state index contributed by atoms with van der Waals surface area (Å²) in [6, 6.07) is 7.41. The molecule has 19 heavy (non-hydrogen) atoms. The Morgan fingerprint density at radius 1 is 1.32 bits per heavy atom. The molecule has 0 spiro atoms. The van der Waals surface area contributed by atoms with Gasteiger partial charge in [-0.1, -0.05) is 22.9 Å². The van der Waals surface area contributed by atoms with Crippen molar-refractivity contribution in [3.8, 4) is 0 Å².